The highest BCUT2D eigenvalue weighted by atomic mass is 31.1. The molecule has 2 N–H and O–H groups in total. The number of fused-ring (bicyclic) bond motifs is 2. The van der Waals surface area contributed by atoms with Gasteiger partial charge >= 0.3 is 0 Å². The summed E-state index contributed by atoms with van der Waals surface area (Å²) < 4.78 is 58.1. The highest BCUT2D eigenvalue weighted by Crippen LogP contribution is 2.44. The van der Waals surface area contributed by atoms with Gasteiger partial charge in [0.15, 0.2) is 0 Å². The molecule has 0 atom stereocenters. The van der Waals surface area contributed by atoms with Crippen LogP contribution in [0.5, 0.6) is 0 Å². The first-order valence-electron chi connectivity index (χ1n) is 11.9. The Labute approximate surface area is 217 Å². The highest BCUT2D eigenvalue weighted by Gasteiger charge is 2.26. The van der Waals surface area contributed by atoms with E-state index in [-0.39, 0.29) is 10.6 Å². The molecule has 0 aliphatic rings. The summed E-state index contributed by atoms with van der Waals surface area (Å²) in [4.78, 5) is 0. The third-order valence-corrected chi connectivity index (χ3v) is 8.97. The van der Waals surface area contributed by atoms with Gasteiger partial charge in [-0.2, -0.15) is 0 Å². The summed E-state index contributed by atoms with van der Waals surface area (Å²) in [6.45, 7) is 0. The first kappa shape index (κ1) is 24.1. The first-order chi connectivity index (χ1) is 18.4. The molecule has 6 aromatic carbocycles. The van der Waals surface area contributed by atoms with Gasteiger partial charge in [0.2, 0.25) is 0 Å². The molecule has 0 aliphatic carbocycles. The van der Waals surface area contributed by atoms with Crippen LogP contribution in [-0.4, -0.2) is 0 Å². The molecular formula is C32H20F4NP. The van der Waals surface area contributed by atoms with Gasteiger partial charge in [-0.3, -0.25) is 0 Å². The van der Waals surface area contributed by atoms with Crippen LogP contribution in [0.25, 0.3) is 32.7 Å². The minimum Gasteiger partial charge on any atom is -0.398 e. The third-order valence-electron chi connectivity index (χ3n) is 6.57. The SMILES string of the molecule is Nc1ccc2ccccc2c1-c1c(P(c2cc(F)cc(F)c2)c2cc(F)cc(F)c2)ccc2ccccc12. The number of hydrogen-bond donors (Lipinski definition) is 1. The van der Waals surface area contributed by atoms with Crippen LogP contribution < -0.4 is 21.6 Å². The molecule has 186 valence electrons. The van der Waals surface area contributed by atoms with Crippen molar-refractivity contribution < 1.29 is 17.6 Å². The molecule has 0 aliphatic heterocycles. The van der Waals surface area contributed by atoms with Gasteiger partial charge in [0.25, 0.3) is 0 Å². The van der Waals surface area contributed by atoms with Crippen molar-refractivity contribution in [3.8, 4) is 11.1 Å². The summed E-state index contributed by atoms with van der Waals surface area (Å²) in [5.41, 5.74) is 8.66. The van der Waals surface area contributed by atoms with Crippen molar-refractivity contribution in [1.29, 1.82) is 0 Å². The molecule has 0 spiro atoms. The molecule has 0 saturated heterocycles. The molecule has 0 heterocycles. The van der Waals surface area contributed by atoms with Crippen LogP contribution in [0.15, 0.2) is 109 Å². The van der Waals surface area contributed by atoms with Crippen LogP contribution in [0.3, 0.4) is 0 Å². The number of halogens is 4. The van der Waals surface area contributed by atoms with Crippen molar-refractivity contribution in [1.82, 2.24) is 0 Å². The largest absolute Gasteiger partial charge is 0.398 e. The molecule has 0 radical (unpaired) electrons. The smallest absolute Gasteiger partial charge is 0.126 e. The average molecular weight is 525 g/mol. The number of anilines is 1. The minimum absolute atomic E-state index is 0.290. The summed E-state index contributed by atoms with van der Waals surface area (Å²) in [5, 5.41) is 4.93. The van der Waals surface area contributed by atoms with Crippen molar-refractivity contribution in [2.24, 2.45) is 0 Å². The molecule has 0 bridgehead atoms. The molecule has 6 aromatic rings. The lowest BCUT2D eigenvalue weighted by atomic mass is 9.92. The van der Waals surface area contributed by atoms with Gasteiger partial charge in [-0.25, -0.2) is 17.6 Å². The second-order valence-corrected chi connectivity index (χ2v) is 11.2. The molecular weight excluding hydrogens is 505 g/mol. The van der Waals surface area contributed by atoms with Crippen molar-refractivity contribution in [2.75, 3.05) is 5.73 Å². The van der Waals surface area contributed by atoms with E-state index >= 15 is 0 Å². The van der Waals surface area contributed by atoms with Gasteiger partial charge in [0.05, 0.1) is 0 Å². The van der Waals surface area contributed by atoms with Gasteiger partial charge in [-0.05, 0) is 75.7 Å². The molecule has 0 saturated carbocycles. The number of nitrogens with two attached hydrogens (primary N) is 1. The molecule has 0 unspecified atom stereocenters. The second kappa shape index (κ2) is 9.59. The Morgan fingerprint density at radius 3 is 1.45 bits per heavy atom. The molecule has 1 nitrogen and oxygen atoms in total. The predicted octanol–water partition coefficient (Wildman–Crippen LogP) is 7.56. The summed E-state index contributed by atoms with van der Waals surface area (Å²) in [6, 6.07) is 29.6. The van der Waals surface area contributed by atoms with E-state index in [4.69, 9.17) is 5.73 Å². The van der Waals surface area contributed by atoms with Crippen molar-refractivity contribution >= 4 is 51.1 Å². The predicted molar refractivity (Wildman–Crippen MR) is 150 cm³/mol. The van der Waals surface area contributed by atoms with E-state index in [0.717, 1.165) is 44.8 Å². The Morgan fingerprint density at radius 2 is 0.921 bits per heavy atom. The third kappa shape index (κ3) is 4.29. The van der Waals surface area contributed by atoms with E-state index in [1.807, 2.05) is 72.8 Å². The maximum atomic E-state index is 14.5. The van der Waals surface area contributed by atoms with E-state index in [1.165, 1.54) is 24.3 Å². The summed E-state index contributed by atoms with van der Waals surface area (Å²) >= 11 is 0. The van der Waals surface area contributed by atoms with Crippen LogP contribution in [0, 0.1) is 23.3 Å². The zero-order valence-electron chi connectivity index (χ0n) is 19.9. The number of hydrogen-bond acceptors (Lipinski definition) is 1. The van der Waals surface area contributed by atoms with Crippen LogP contribution >= 0.6 is 7.92 Å². The monoisotopic (exact) mass is 525 g/mol. The van der Waals surface area contributed by atoms with Crippen LogP contribution in [0.1, 0.15) is 0 Å². The Kier molecular flexibility index (Phi) is 6.09. The van der Waals surface area contributed by atoms with Gasteiger partial charge in [0.1, 0.15) is 23.3 Å². The Bertz CT molecular complexity index is 1760. The lowest BCUT2D eigenvalue weighted by molar-refractivity contribution is 0.585. The molecule has 0 amide bonds. The lowest BCUT2D eigenvalue weighted by Gasteiger charge is -2.25. The van der Waals surface area contributed by atoms with E-state index in [1.54, 1.807) is 0 Å². The number of rotatable bonds is 4. The topological polar surface area (TPSA) is 26.0 Å². The highest BCUT2D eigenvalue weighted by molar-refractivity contribution is 7.80. The van der Waals surface area contributed by atoms with E-state index in [9.17, 15) is 17.6 Å². The molecule has 38 heavy (non-hydrogen) atoms. The normalized spacial score (nSPS) is 11.5. The van der Waals surface area contributed by atoms with Crippen molar-refractivity contribution in [2.45, 2.75) is 0 Å². The fraction of sp³-hybridized carbons (Fsp3) is 0. The molecule has 0 fully saturated rings. The minimum atomic E-state index is -1.81. The number of benzene rings is 6. The Balaban J connectivity index is 1.78. The Morgan fingerprint density at radius 1 is 0.474 bits per heavy atom. The van der Waals surface area contributed by atoms with Gasteiger partial charge in [0, 0.05) is 28.9 Å². The summed E-state index contributed by atoms with van der Waals surface area (Å²) in [5.74, 6) is -3.07. The van der Waals surface area contributed by atoms with Gasteiger partial charge < -0.3 is 5.73 Å². The first-order valence-corrected chi connectivity index (χ1v) is 13.2. The van der Waals surface area contributed by atoms with E-state index in [0.29, 0.717) is 11.0 Å². The van der Waals surface area contributed by atoms with Crippen molar-refractivity contribution in [3.05, 3.63) is 132 Å². The van der Waals surface area contributed by atoms with Gasteiger partial charge in [-0.15, -0.1) is 0 Å². The van der Waals surface area contributed by atoms with Crippen molar-refractivity contribution in [3.63, 3.8) is 0 Å². The zero-order chi connectivity index (χ0) is 26.4. The zero-order valence-corrected chi connectivity index (χ0v) is 20.8. The van der Waals surface area contributed by atoms with Gasteiger partial charge in [-0.1, -0.05) is 66.7 Å². The maximum absolute atomic E-state index is 14.5. The standard InChI is InChI=1S/C32H20F4NP/c33-21-13-22(34)16-25(15-21)38(26-17-23(35)14-24(36)18-26)30-12-10-20-6-2-4-8-28(20)32(30)31-27-7-3-1-5-19(27)9-11-29(31)37/h1-18H,37H2. The fourth-order valence-corrected chi connectivity index (χ4v) is 7.58. The summed E-state index contributed by atoms with van der Waals surface area (Å²) in [7, 11) is -1.81. The molecule has 0 aromatic heterocycles. The average Bonchev–Trinajstić information content (AvgIpc) is 2.88. The number of nitrogen functional groups attached to an aromatic ring is 1. The quantitative estimate of drug-likeness (QED) is 0.144. The maximum Gasteiger partial charge on any atom is 0.126 e. The van der Waals surface area contributed by atoms with E-state index in [2.05, 4.69) is 0 Å². The van der Waals surface area contributed by atoms with Crippen LogP contribution in [-0.2, 0) is 0 Å². The fourth-order valence-electron chi connectivity index (χ4n) is 5.04. The van der Waals surface area contributed by atoms with Crippen LogP contribution in [0.2, 0.25) is 0 Å². The van der Waals surface area contributed by atoms with E-state index < -0.39 is 31.2 Å². The lowest BCUT2D eigenvalue weighted by Crippen LogP contribution is -2.24. The second-order valence-electron chi connectivity index (χ2n) is 9.02. The molecule has 6 heteroatoms. The Hall–Kier alpha value is -4.21. The summed E-state index contributed by atoms with van der Waals surface area (Å²) in [6.07, 6.45) is 0. The van der Waals surface area contributed by atoms with Crippen LogP contribution in [0.4, 0.5) is 23.2 Å². The molecule has 6 rings (SSSR count).